The second kappa shape index (κ2) is 6.15. The van der Waals surface area contributed by atoms with Gasteiger partial charge in [0.15, 0.2) is 0 Å². The molecule has 1 N–H and O–H groups in total. The van der Waals surface area contributed by atoms with E-state index < -0.39 is 0 Å². The Labute approximate surface area is 140 Å². The summed E-state index contributed by atoms with van der Waals surface area (Å²) >= 11 is 0. The standard InChI is InChI=1S/C19H21N3O2/c1-13-8-9-14(24-13)10-11-18(23)22-12-4-7-17(22)19-20-15-5-2-3-6-16(15)21-19/h2-3,5-6,8-9,17H,4,7,10-12H2,1H3,(H,20,21)/t17-/m1/s1. The van der Waals surface area contributed by atoms with Gasteiger partial charge in [-0.25, -0.2) is 4.98 Å². The van der Waals surface area contributed by atoms with Gasteiger partial charge in [0.25, 0.3) is 0 Å². The van der Waals surface area contributed by atoms with Gasteiger partial charge in [-0.1, -0.05) is 12.1 Å². The largest absolute Gasteiger partial charge is 0.466 e. The number of nitrogens with one attached hydrogen (secondary N) is 1. The van der Waals surface area contributed by atoms with Crippen molar-refractivity contribution in [2.45, 2.75) is 38.6 Å². The zero-order valence-electron chi connectivity index (χ0n) is 13.8. The molecule has 0 radical (unpaired) electrons. The minimum absolute atomic E-state index is 0.0586. The zero-order valence-corrected chi connectivity index (χ0v) is 13.8. The highest BCUT2D eigenvalue weighted by atomic mass is 16.3. The van der Waals surface area contributed by atoms with E-state index in [4.69, 9.17) is 4.42 Å². The van der Waals surface area contributed by atoms with Crippen molar-refractivity contribution in [3.05, 3.63) is 53.7 Å². The van der Waals surface area contributed by atoms with Crippen LogP contribution in [0, 0.1) is 6.92 Å². The van der Waals surface area contributed by atoms with Crippen molar-refractivity contribution >= 4 is 16.9 Å². The molecular formula is C19H21N3O2. The van der Waals surface area contributed by atoms with E-state index in [1.54, 1.807) is 0 Å². The number of carbonyl (C=O) groups is 1. The monoisotopic (exact) mass is 323 g/mol. The van der Waals surface area contributed by atoms with Crippen LogP contribution in [0.3, 0.4) is 0 Å². The molecule has 1 aliphatic heterocycles. The Hall–Kier alpha value is -2.56. The van der Waals surface area contributed by atoms with Crippen molar-refractivity contribution in [1.82, 2.24) is 14.9 Å². The topological polar surface area (TPSA) is 62.1 Å². The molecule has 1 fully saturated rings. The summed E-state index contributed by atoms with van der Waals surface area (Å²) in [5.74, 6) is 2.84. The maximum Gasteiger partial charge on any atom is 0.223 e. The summed E-state index contributed by atoms with van der Waals surface area (Å²) in [5.41, 5.74) is 1.98. The number of para-hydroxylation sites is 2. The average Bonchev–Trinajstić information content (AvgIpc) is 3.30. The second-order valence-electron chi connectivity index (χ2n) is 6.40. The molecular weight excluding hydrogens is 302 g/mol. The van der Waals surface area contributed by atoms with Crippen molar-refractivity contribution in [1.29, 1.82) is 0 Å². The number of nitrogens with zero attached hydrogens (tertiary/aromatic N) is 2. The molecule has 0 saturated carbocycles. The van der Waals surface area contributed by atoms with E-state index in [1.165, 1.54) is 0 Å². The first-order valence-corrected chi connectivity index (χ1v) is 8.50. The first kappa shape index (κ1) is 15.0. The molecule has 1 aliphatic rings. The lowest BCUT2D eigenvalue weighted by atomic mass is 10.2. The Morgan fingerprint density at radius 1 is 1.33 bits per heavy atom. The van der Waals surface area contributed by atoms with Gasteiger partial charge in [0.2, 0.25) is 5.91 Å². The number of amides is 1. The number of H-pyrrole nitrogens is 1. The molecule has 0 bridgehead atoms. The Morgan fingerprint density at radius 2 is 2.21 bits per heavy atom. The molecule has 1 aromatic carbocycles. The Morgan fingerprint density at radius 3 is 3.00 bits per heavy atom. The van der Waals surface area contributed by atoms with E-state index in [-0.39, 0.29) is 11.9 Å². The molecule has 3 heterocycles. The molecule has 1 saturated heterocycles. The minimum atomic E-state index is 0.0586. The number of hydrogen-bond acceptors (Lipinski definition) is 3. The molecule has 5 heteroatoms. The number of aromatic amines is 1. The van der Waals surface area contributed by atoms with Gasteiger partial charge in [-0.2, -0.15) is 0 Å². The highest BCUT2D eigenvalue weighted by Crippen LogP contribution is 2.32. The Balaban J connectivity index is 1.48. The summed E-state index contributed by atoms with van der Waals surface area (Å²) in [7, 11) is 0. The summed E-state index contributed by atoms with van der Waals surface area (Å²) in [6.07, 6.45) is 3.11. The van der Waals surface area contributed by atoms with Gasteiger partial charge in [0.1, 0.15) is 17.3 Å². The predicted molar refractivity (Wildman–Crippen MR) is 91.5 cm³/mol. The third-order valence-electron chi connectivity index (χ3n) is 4.68. The fourth-order valence-electron chi connectivity index (χ4n) is 3.47. The molecule has 0 unspecified atom stereocenters. The summed E-state index contributed by atoms with van der Waals surface area (Å²) in [4.78, 5) is 22.7. The molecule has 2 aromatic heterocycles. The van der Waals surface area contributed by atoms with E-state index in [0.717, 1.165) is 47.8 Å². The molecule has 4 rings (SSSR count). The molecule has 24 heavy (non-hydrogen) atoms. The van der Waals surface area contributed by atoms with Crippen LogP contribution < -0.4 is 0 Å². The number of likely N-dealkylation sites (tertiary alicyclic amines) is 1. The average molecular weight is 323 g/mol. The number of fused-ring (bicyclic) bond motifs is 1. The summed E-state index contributed by atoms with van der Waals surface area (Å²) < 4.78 is 5.56. The molecule has 124 valence electrons. The minimum Gasteiger partial charge on any atom is -0.466 e. The van der Waals surface area contributed by atoms with Crippen molar-refractivity contribution in [2.75, 3.05) is 6.54 Å². The summed E-state index contributed by atoms with van der Waals surface area (Å²) in [5, 5.41) is 0. The van der Waals surface area contributed by atoms with Crippen LogP contribution in [0.25, 0.3) is 11.0 Å². The molecule has 5 nitrogen and oxygen atoms in total. The Bertz CT molecular complexity index is 831. The maximum absolute atomic E-state index is 12.7. The van der Waals surface area contributed by atoms with Gasteiger partial charge in [0.05, 0.1) is 17.1 Å². The van der Waals surface area contributed by atoms with Gasteiger partial charge < -0.3 is 14.3 Å². The van der Waals surface area contributed by atoms with Gasteiger partial charge >= 0.3 is 0 Å². The lowest BCUT2D eigenvalue weighted by Crippen LogP contribution is -2.31. The van der Waals surface area contributed by atoms with Gasteiger partial charge in [-0.3, -0.25) is 4.79 Å². The van der Waals surface area contributed by atoms with Crippen molar-refractivity contribution < 1.29 is 9.21 Å². The highest BCUT2D eigenvalue weighted by molar-refractivity contribution is 5.78. The number of hydrogen-bond donors (Lipinski definition) is 1. The number of rotatable bonds is 4. The fourth-order valence-corrected chi connectivity index (χ4v) is 3.47. The first-order chi connectivity index (χ1) is 11.7. The summed E-state index contributed by atoms with van der Waals surface area (Å²) in [6.45, 7) is 2.72. The van der Waals surface area contributed by atoms with Gasteiger partial charge in [-0.05, 0) is 44.0 Å². The maximum atomic E-state index is 12.7. The second-order valence-corrected chi connectivity index (χ2v) is 6.40. The summed E-state index contributed by atoms with van der Waals surface area (Å²) in [6, 6.07) is 11.9. The lowest BCUT2D eigenvalue weighted by Gasteiger charge is -2.23. The molecule has 0 spiro atoms. The van der Waals surface area contributed by atoms with Crippen LogP contribution >= 0.6 is 0 Å². The van der Waals surface area contributed by atoms with Crippen LogP contribution in [0.4, 0.5) is 0 Å². The number of furan rings is 1. The number of aryl methyl sites for hydroxylation is 2. The lowest BCUT2D eigenvalue weighted by molar-refractivity contribution is -0.132. The third kappa shape index (κ3) is 2.82. The van der Waals surface area contributed by atoms with E-state index in [9.17, 15) is 4.79 Å². The van der Waals surface area contributed by atoms with Crippen molar-refractivity contribution in [3.8, 4) is 0 Å². The molecule has 1 atom stereocenters. The first-order valence-electron chi connectivity index (χ1n) is 8.50. The highest BCUT2D eigenvalue weighted by Gasteiger charge is 2.31. The van der Waals surface area contributed by atoms with Crippen LogP contribution in [0.2, 0.25) is 0 Å². The van der Waals surface area contributed by atoms with Crippen LogP contribution in [0.15, 0.2) is 40.8 Å². The predicted octanol–water partition coefficient (Wildman–Crippen LogP) is 3.76. The van der Waals surface area contributed by atoms with Crippen LogP contribution in [-0.4, -0.2) is 27.3 Å². The van der Waals surface area contributed by atoms with E-state index in [0.29, 0.717) is 12.8 Å². The number of aromatic nitrogens is 2. The quantitative estimate of drug-likeness (QED) is 0.795. The normalized spacial score (nSPS) is 17.7. The number of imidazole rings is 1. The van der Waals surface area contributed by atoms with E-state index >= 15 is 0 Å². The molecule has 0 aliphatic carbocycles. The number of benzene rings is 1. The fraction of sp³-hybridized carbons (Fsp3) is 0.368. The van der Waals surface area contributed by atoms with E-state index in [1.807, 2.05) is 48.2 Å². The van der Waals surface area contributed by atoms with Crippen LogP contribution in [-0.2, 0) is 11.2 Å². The Kier molecular flexibility index (Phi) is 3.84. The SMILES string of the molecule is Cc1ccc(CCC(=O)N2CCC[C@@H]2c2nc3ccccc3[nH]2)o1. The van der Waals surface area contributed by atoms with Gasteiger partial charge in [-0.15, -0.1) is 0 Å². The molecule has 3 aromatic rings. The smallest absolute Gasteiger partial charge is 0.223 e. The van der Waals surface area contributed by atoms with Crippen LogP contribution in [0.1, 0.15) is 42.6 Å². The molecule has 1 amide bonds. The zero-order chi connectivity index (χ0) is 16.5. The van der Waals surface area contributed by atoms with Crippen molar-refractivity contribution in [2.24, 2.45) is 0 Å². The van der Waals surface area contributed by atoms with Crippen LogP contribution in [0.5, 0.6) is 0 Å². The van der Waals surface area contributed by atoms with Gasteiger partial charge in [0, 0.05) is 19.4 Å². The third-order valence-corrected chi connectivity index (χ3v) is 4.68. The van der Waals surface area contributed by atoms with Crippen molar-refractivity contribution in [3.63, 3.8) is 0 Å². The number of carbonyl (C=O) groups excluding carboxylic acids is 1. The van der Waals surface area contributed by atoms with E-state index in [2.05, 4.69) is 9.97 Å².